The molecule has 100 valence electrons. The molecule has 1 aromatic heterocycles. The van der Waals surface area contributed by atoms with Gasteiger partial charge in [0.1, 0.15) is 5.82 Å². The van der Waals surface area contributed by atoms with Crippen LogP contribution in [-0.2, 0) is 13.1 Å². The van der Waals surface area contributed by atoms with E-state index in [1.54, 1.807) is 18.3 Å². The van der Waals surface area contributed by atoms with Gasteiger partial charge in [0.05, 0.1) is 22.9 Å². The molecule has 1 N–H and O–H groups in total. The summed E-state index contributed by atoms with van der Waals surface area (Å²) >= 11 is 0. The maximum Gasteiger partial charge on any atom is 0.127 e. The van der Waals surface area contributed by atoms with Crippen LogP contribution in [0.25, 0.3) is 11.0 Å². The fraction of sp³-hybridized carbons (Fsp3) is 0.125. The van der Waals surface area contributed by atoms with Gasteiger partial charge in [0.15, 0.2) is 0 Å². The fourth-order valence-electron chi connectivity index (χ4n) is 2.05. The summed E-state index contributed by atoms with van der Waals surface area (Å²) in [7, 11) is 0. The first-order chi connectivity index (χ1) is 9.83. The van der Waals surface area contributed by atoms with Crippen LogP contribution in [0.2, 0.25) is 0 Å². The van der Waals surface area contributed by atoms with Crippen LogP contribution in [0.3, 0.4) is 0 Å². The highest BCUT2D eigenvalue weighted by Crippen LogP contribution is 2.09. The van der Waals surface area contributed by atoms with Gasteiger partial charge in [-0.3, -0.25) is 4.98 Å². The predicted molar refractivity (Wildman–Crippen MR) is 76.5 cm³/mol. The van der Waals surface area contributed by atoms with Gasteiger partial charge in [-0.15, -0.1) is 0 Å². The molecule has 0 aliphatic rings. The number of halogens is 1. The van der Waals surface area contributed by atoms with Crippen LogP contribution in [0.1, 0.15) is 11.3 Å². The summed E-state index contributed by atoms with van der Waals surface area (Å²) in [5.41, 5.74) is 3.25. The van der Waals surface area contributed by atoms with Crippen LogP contribution in [0.15, 0.2) is 54.7 Å². The van der Waals surface area contributed by atoms with E-state index in [-0.39, 0.29) is 5.82 Å². The Hall–Kier alpha value is -2.33. The smallest absolute Gasteiger partial charge is 0.127 e. The monoisotopic (exact) mass is 267 g/mol. The van der Waals surface area contributed by atoms with Crippen LogP contribution in [-0.4, -0.2) is 9.97 Å². The molecular weight excluding hydrogens is 253 g/mol. The van der Waals surface area contributed by atoms with Crippen LogP contribution in [0.4, 0.5) is 4.39 Å². The number of para-hydroxylation sites is 2. The zero-order chi connectivity index (χ0) is 13.8. The minimum absolute atomic E-state index is 0.190. The number of nitrogens with one attached hydrogen (secondary N) is 1. The molecule has 3 rings (SSSR count). The van der Waals surface area contributed by atoms with Crippen molar-refractivity contribution < 1.29 is 4.39 Å². The molecule has 1 heterocycles. The number of hydrogen-bond acceptors (Lipinski definition) is 3. The van der Waals surface area contributed by atoms with Crippen LogP contribution in [0.5, 0.6) is 0 Å². The first-order valence-corrected chi connectivity index (χ1v) is 6.48. The molecule has 3 aromatic rings. The van der Waals surface area contributed by atoms with E-state index in [9.17, 15) is 4.39 Å². The summed E-state index contributed by atoms with van der Waals surface area (Å²) < 4.78 is 13.5. The highest BCUT2D eigenvalue weighted by molar-refractivity contribution is 5.73. The Morgan fingerprint density at radius 2 is 1.65 bits per heavy atom. The van der Waals surface area contributed by atoms with Gasteiger partial charge in [-0.2, -0.15) is 0 Å². The molecule has 0 saturated carbocycles. The first-order valence-electron chi connectivity index (χ1n) is 6.48. The number of nitrogens with zero attached hydrogens (tertiary/aromatic N) is 2. The van der Waals surface area contributed by atoms with Crippen molar-refractivity contribution in [1.82, 2.24) is 15.3 Å². The van der Waals surface area contributed by atoms with Gasteiger partial charge >= 0.3 is 0 Å². The Kier molecular flexibility index (Phi) is 3.65. The molecule has 0 aliphatic carbocycles. The zero-order valence-corrected chi connectivity index (χ0v) is 10.9. The molecule has 0 amide bonds. The average molecular weight is 267 g/mol. The van der Waals surface area contributed by atoms with E-state index in [1.807, 2.05) is 30.3 Å². The third-order valence-electron chi connectivity index (χ3n) is 3.08. The van der Waals surface area contributed by atoms with Gasteiger partial charge in [-0.1, -0.05) is 30.3 Å². The van der Waals surface area contributed by atoms with Gasteiger partial charge in [0.2, 0.25) is 0 Å². The van der Waals surface area contributed by atoms with E-state index in [1.165, 1.54) is 6.07 Å². The molecule has 0 atom stereocenters. The summed E-state index contributed by atoms with van der Waals surface area (Å²) in [6, 6.07) is 14.5. The molecular formula is C16H14FN3. The second kappa shape index (κ2) is 5.75. The number of aromatic nitrogens is 2. The van der Waals surface area contributed by atoms with Crippen LogP contribution in [0, 0.1) is 5.82 Å². The first kappa shape index (κ1) is 12.7. The number of fused-ring (bicyclic) bond motifs is 1. The van der Waals surface area contributed by atoms with Crippen molar-refractivity contribution in [2.45, 2.75) is 13.1 Å². The predicted octanol–water partition coefficient (Wildman–Crippen LogP) is 3.06. The topological polar surface area (TPSA) is 37.8 Å². The molecule has 0 fully saturated rings. The van der Waals surface area contributed by atoms with Gasteiger partial charge < -0.3 is 5.32 Å². The van der Waals surface area contributed by atoms with Gasteiger partial charge in [0.25, 0.3) is 0 Å². The molecule has 0 saturated heterocycles. The second-order valence-corrected chi connectivity index (χ2v) is 4.55. The van der Waals surface area contributed by atoms with E-state index in [2.05, 4.69) is 15.3 Å². The lowest BCUT2D eigenvalue weighted by Gasteiger charge is -2.06. The van der Waals surface area contributed by atoms with Crippen LogP contribution < -0.4 is 5.32 Å². The second-order valence-electron chi connectivity index (χ2n) is 4.55. The Morgan fingerprint density at radius 3 is 2.50 bits per heavy atom. The lowest BCUT2D eigenvalue weighted by Crippen LogP contribution is -2.14. The summed E-state index contributed by atoms with van der Waals surface area (Å²) in [6.07, 6.45) is 1.75. The molecule has 0 unspecified atom stereocenters. The van der Waals surface area contributed by atoms with E-state index in [0.29, 0.717) is 18.7 Å². The Morgan fingerprint density at radius 1 is 0.900 bits per heavy atom. The SMILES string of the molecule is Fc1ccccc1CNCc1cnc2ccccc2n1. The average Bonchev–Trinajstić information content (AvgIpc) is 2.49. The summed E-state index contributed by atoms with van der Waals surface area (Å²) in [6.45, 7) is 1.04. The van der Waals surface area contributed by atoms with Crippen molar-refractivity contribution in [3.05, 3.63) is 71.8 Å². The third-order valence-corrected chi connectivity index (χ3v) is 3.08. The lowest BCUT2D eigenvalue weighted by molar-refractivity contribution is 0.586. The largest absolute Gasteiger partial charge is 0.307 e. The normalized spacial score (nSPS) is 10.8. The Bertz CT molecular complexity index is 727. The molecule has 0 aliphatic heterocycles. The van der Waals surface area contributed by atoms with Crippen molar-refractivity contribution in [3.8, 4) is 0 Å². The number of hydrogen-bond donors (Lipinski definition) is 1. The van der Waals surface area contributed by atoms with E-state index in [4.69, 9.17) is 0 Å². The standard InChI is InChI=1S/C16H14FN3/c17-14-6-2-1-5-12(14)9-18-10-13-11-19-15-7-3-4-8-16(15)20-13/h1-8,11,18H,9-10H2. The lowest BCUT2D eigenvalue weighted by atomic mass is 10.2. The van der Waals surface area contributed by atoms with E-state index in [0.717, 1.165) is 16.7 Å². The minimum Gasteiger partial charge on any atom is -0.307 e. The highest BCUT2D eigenvalue weighted by atomic mass is 19.1. The highest BCUT2D eigenvalue weighted by Gasteiger charge is 2.02. The van der Waals surface area contributed by atoms with E-state index < -0.39 is 0 Å². The Labute approximate surface area is 116 Å². The fourth-order valence-corrected chi connectivity index (χ4v) is 2.05. The molecule has 0 radical (unpaired) electrons. The molecule has 2 aromatic carbocycles. The van der Waals surface area contributed by atoms with Gasteiger partial charge in [0, 0.05) is 18.7 Å². The molecule has 20 heavy (non-hydrogen) atoms. The third kappa shape index (κ3) is 2.81. The van der Waals surface area contributed by atoms with Gasteiger partial charge in [-0.25, -0.2) is 9.37 Å². The zero-order valence-electron chi connectivity index (χ0n) is 10.9. The van der Waals surface area contributed by atoms with Crippen molar-refractivity contribution >= 4 is 11.0 Å². The molecule has 0 bridgehead atoms. The number of benzene rings is 2. The summed E-state index contributed by atoms with van der Waals surface area (Å²) in [5, 5.41) is 3.18. The molecule has 4 heteroatoms. The molecule has 0 spiro atoms. The quantitative estimate of drug-likeness (QED) is 0.789. The summed E-state index contributed by atoms with van der Waals surface area (Å²) in [5.74, 6) is -0.190. The van der Waals surface area contributed by atoms with Gasteiger partial charge in [-0.05, 0) is 18.2 Å². The van der Waals surface area contributed by atoms with Crippen LogP contribution >= 0.6 is 0 Å². The maximum absolute atomic E-state index is 13.5. The molecule has 3 nitrogen and oxygen atoms in total. The number of rotatable bonds is 4. The maximum atomic E-state index is 13.5. The van der Waals surface area contributed by atoms with E-state index >= 15 is 0 Å². The van der Waals surface area contributed by atoms with Crippen molar-refractivity contribution in [2.24, 2.45) is 0 Å². The van der Waals surface area contributed by atoms with Crippen molar-refractivity contribution in [3.63, 3.8) is 0 Å². The van der Waals surface area contributed by atoms with Crippen molar-refractivity contribution in [1.29, 1.82) is 0 Å². The van der Waals surface area contributed by atoms with Crippen molar-refractivity contribution in [2.75, 3.05) is 0 Å². The minimum atomic E-state index is -0.190. The Balaban J connectivity index is 1.67. The summed E-state index contributed by atoms with van der Waals surface area (Å²) in [4.78, 5) is 8.86.